The minimum absolute atomic E-state index is 0.103. The minimum Gasteiger partial charge on any atom is -0.453 e. The number of carbonyl (C=O) groups is 4. The van der Waals surface area contributed by atoms with Crippen molar-refractivity contribution in [1.29, 1.82) is 0 Å². The van der Waals surface area contributed by atoms with E-state index in [0.717, 1.165) is 75.5 Å². The normalized spacial score (nSPS) is 18.5. The van der Waals surface area contributed by atoms with Crippen LogP contribution < -0.4 is 10.6 Å². The first-order chi connectivity index (χ1) is 28.9. The lowest BCUT2D eigenvalue weighted by Gasteiger charge is -2.30. The van der Waals surface area contributed by atoms with Crippen LogP contribution in [0.2, 0.25) is 0 Å². The summed E-state index contributed by atoms with van der Waals surface area (Å²) in [6, 6.07) is 15.1. The highest BCUT2D eigenvalue weighted by Crippen LogP contribution is 2.36. The number of likely N-dealkylation sites (tertiary alicyclic amines) is 2. The van der Waals surface area contributed by atoms with Crippen LogP contribution in [-0.2, 0) is 25.5 Å². The van der Waals surface area contributed by atoms with Gasteiger partial charge in [-0.1, -0.05) is 52.0 Å². The fraction of sp³-hybridized carbons (Fsp3) is 0.422. The van der Waals surface area contributed by atoms with Crippen LogP contribution in [-0.4, -0.2) is 105 Å². The molecule has 60 heavy (non-hydrogen) atoms. The zero-order valence-corrected chi connectivity index (χ0v) is 34.8. The van der Waals surface area contributed by atoms with Gasteiger partial charge in [0, 0.05) is 54.3 Å². The van der Waals surface area contributed by atoms with Gasteiger partial charge in [0.05, 0.1) is 31.8 Å². The molecule has 3 N–H and O–H groups in total. The number of carbonyl (C=O) groups excluding carboxylic acids is 4. The molecule has 0 spiro atoms. The summed E-state index contributed by atoms with van der Waals surface area (Å²) in [6.07, 6.45) is 6.30. The quantitative estimate of drug-likeness (QED) is 0.135. The third-order valence-corrected chi connectivity index (χ3v) is 12.0. The summed E-state index contributed by atoms with van der Waals surface area (Å²) in [5, 5.41) is 7.58. The predicted octanol–water partition coefficient (Wildman–Crippen LogP) is 6.88. The maximum Gasteiger partial charge on any atom is 0.407 e. The van der Waals surface area contributed by atoms with Gasteiger partial charge >= 0.3 is 12.2 Å². The number of aromatic nitrogens is 4. The molecule has 312 valence electrons. The summed E-state index contributed by atoms with van der Waals surface area (Å²) in [6.45, 7) is 8.80. The maximum atomic E-state index is 13.7. The van der Waals surface area contributed by atoms with E-state index in [1.165, 1.54) is 14.2 Å². The Labute approximate surface area is 348 Å². The Bertz CT molecular complexity index is 2510. The first-order valence-corrected chi connectivity index (χ1v) is 20.7. The second-order valence-corrected chi connectivity index (χ2v) is 16.6. The Hall–Kier alpha value is -6.38. The molecule has 4 atom stereocenters. The molecule has 8 rings (SSSR count). The number of rotatable bonds is 10. The second kappa shape index (κ2) is 16.7. The fourth-order valence-electron chi connectivity index (χ4n) is 8.74. The van der Waals surface area contributed by atoms with Crippen molar-refractivity contribution in [2.75, 3.05) is 27.3 Å². The minimum atomic E-state index is -0.708. The highest BCUT2D eigenvalue weighted by Gasteiger charge is 2.40. The lowest BCUT2D eigenvalue weighted by atomic mass is 9.97. The van der Waals surface area contributed by atoms with Crippen molar-refractivity contribution >= 4 is 57.5 Å². The van der Waals surface area contributed by atoms with Gasteiger partial charge in [0.1, 0.15) is 17.9 Å². The number of hydrogen-bond donors (Lipinski definition) is 3. The van der Waals surface area contributed by atoms with E-state index in [1.807, 2.05) is 51.1 Å². The average Bonchev–Trinajstić information content (AvgIpc) is 4.08. The number of nitrogens with one attached hydrogen (secondary N) is 3. The van der Waals surface area contributed by atoms with Gasteiger partial charge in [-0.25, -0.2) is 29.5 Å². The lowest BCUT2D eigenvalue weighted by Crippen LogP contribution is -2.53. The van der Waals surface area contributed by atoms with E-state index >= 15 is 0 Å². The van der Waals surface area contributed by atoms with E-state index in [1.54, 1.807) is 4.90 Å². The maximum absolute atomic E-state index is 13.7. The van der Waals surface area contributed by atoms with E-state index in [0.29, 0.717) is 36.8 Å². The molecule has 2 aromatic carbocycles. The number of pyridine rings is 2. The van der Waals surface area contributed by atoms with Crippen LogP contribution in [0.1, 0.15) is 70.8 Å². The van der Waals surface area contributed by atoms with Crippen molar-refractivity contribution in [3.8, 4) is 22.3 Å². The van der Waals surface area contributed by atoms with Crippen LogP contribution in [0.15, 0.2) is 65.9 Å². The van der Waals surface area contributed by atoms with Gasteiger partial charge in [-0.3, -0.25) is 9.59 Å². The zero-order chi connectivity index (χ0) is 42.2. The molecule has 3 aliphatic heterocycles. The van der Waals surface area contributed by atoms with Gasteiger partial charge in [0.15, 0.2) is 11.5 Å². The highest BCUT2D eigenvalue weighted by atomic mass is 16.5. The zero-order valence-electron chi connectivity index (χ0n) is 34.8. The van der Waals surface area contributed by atoms with Crippen molar-refractivity contribution < 1.29 is 28.7 Å². The largest absolute Gasteiger partial charge is 0.453 e. The Kier molecular flexibility index (Phi) is 11.2. The third kappa shape index (κ3) is 7.87. The van der Waals surface area contributed by atoms with E-state index in [9.17, 15) is 19.2 Å². The van der Waals surface area contributed by atoms with E-state index in [-0.39, 0.29) is 35.7 Å². The van der Waals surface area contributed by atoms with Gasteiger partial charge in [-0.15, -0.1) is 0 Å². The molecule has 15 heteroatoms. The summed E-state index contributed by atoms with van der Waals surface area (Å²) < 4.78 is 9.56. The van der Waals surface area contributed by atoms with Gasteiger partial charge in [0.2, 0.25) is 11.8 Å². The number of ether oxygens (including phenoxy) is 2. The smallest absolute Gasteiger partial charge is 0.407 e. The van der Waals surface area contributed by atoms with Gasteiger partial charge < -0.3 is 34.9 Å². The molecule has 0 unspecified atom stereocenters. The predicted molar refractivity (Wildman–Crippen MR) is 228 cm³/mol. The lowest BCUT2D eigenvalue weighted by molar-refractivity contribution is -0.135. The van der Waals surface area contributed by atoms with Gasteiger partial charge in [-0.2, -0.15) is 0 Å². The van der Waals surface area contributed by atoms with E-state index in [2.05, 4.69) is 58.1 Å². The number of aliphatic imine (C=N–C) groups is 1. The van der Waals surface area contributed by atoms with Crippen molar-refractivity contribution in [3.05, 3.63) is 72.3 Å². The molecule has 5 aromatic rings. The highest BCUT2D eigenvalue weighted by molar-refractivity contribution is 6.01. The van der Waals surface area contributed by atoms with Crippen molar-refractivity contribution in [1.82, 2.24) is 40.4 Å². The number of fused-ring (bicyclic) bond motifs is 3. The molecule has 3 aliphatic rings. The van der Waals surface area contributed by atoms with Crippen LogP contribution in [0.25, 0.3) is 44.2 Å². The molecule has 0 aliphatic carbocycles. The summed E-state index contributed by atoms with van der Waals surface area (Å²) in [5.41, 5.74) is 7.28. The Morgan fingerprint density at radius 3 is 1.85 bits per heavy atom. The van der Waals surface area contributed by atoms with Crippen LogP contribution in [0, 0.1) is 11.8 Å². The monoisotopic (exact) mass is 813 g/mol. The first-order valence-electron chi connectivity index (χ1n) is 20.7. The topological polar surface area (TPSA) is 184 Å². The second-order valence-electron chi connectivity index (χ2n) is 16.6. The SMILES string of the molecule is COC(=O)N[C@H](C(=O)N1CCC[C@@H]1c1nc2ncc(-c3ccc4cc(-c5cnc6c(c5)CC([C@@H]5CCCN5C(=O)[C@@H](NC(=O)OC)C(C)C)=N6)ccc4c3)cc2[nH]1)C(C)C. The molecule has 6 heterocycles. The number of nitrogens with zero attached hydrogens (tertiary/aromatic N) is 6. The summed E-state index contributed by atoms with van der Waals surface area (Å²) in [7, 11) is 2.58. The fourth-order valence-corrected chi connectivity index (χ4v) is 8.74. The molecule has 3 aromatic heterocycles. The number of amides is 4. The standard InChI is InChI=1S/C45H51N9O6/c1-24(2)37(50-44(57)59-5)42(55)53-15-7-9-35(53)33-20-30-19-31(22-46-39(30)48-33)28-13-11-27-18-29(14-12-26(27)17-28)32-21-34-40(47-23-32)52-41(49-34)36-10-8-16-54(36)43(56)38(25(3)4)51-45(58)60-6/h11-14,17-19,21-25,35-38H,7-10,15-16,20H2,1-6H3,(H,50,57)(H,51,58)(H,47,49,52)/t35-,36+,37-,38-/m0/s1. The molecular weight excluding hydrogens is 763 g/mol. The number of benzene rings is 2. The Morgan fingerprint density at radius 1 is 0.717 bits per heavy atom. The van der Waals surface area contributed by atoms with Crippen LogP contribution >= 0.6 is 0 Å². The Balaban J connectivity index is 0.965. The van der Waals surface area contributed by atoms with Crippen molar-refractivity contribution in [2.45, 2.75) is 84.0 Å². The number of imidazole rings is 1. The van der Waals surface area contributed by atoms with Gasteiger partial charge in [-0.05, 0) is 83.7 Å². The molecule has 0 bridgehead atoms. The number of methoxy groups -OCH3 is 2. The molecule has 2 fully saturated rings. The van der Waals surface area contributed by atoms with Crippen molar-refractivity contribution in [2.24, 2.45) is 16.8 Å². The molecule has 0 saturated carbocycles. The molecular formula is C45H51N9O6. The number of hydrogen-bond acceptors (Lipinski definition) is 10. The number of H-pyrrole nitrogens is 1. The van der Waals surface area contributed by atoms with Crippen LogP contribution in [0.5, 0.6) is 0 Å². The van der Waals surface area contributed by atoms with E-state index in [4.69, 9.17) is 29.4 Å². The molecule has 4 amide bonds. The van der Waals surface area contributed by atoms with Crippen LogP contribution in [0.4, 0.5) is 15.4 Å². The van der Waals surface area contributed by atoms with Crippen molar-refractivity contribution in [3.63, 3.8) is 0 Å². The molecule has 15 nitrogen and oxygen atoms in total. The number of aromatic amines is 1. The average molecular weight is 814 g/mol. The first kappa shape index (κ1) is 40.4. The van der Waals surface area contributed by atoms with E-state index < -0.39 is 24.3 Å². The summed E-state index contributed by atoms with van der Waals surface area (Å²) in [4.78, 5) is 77.6. The molecule has 2 saturated heterocycles. The third-order valence-electron chi connectivity index (χ3n) is 12.0. The molecule has 0 radical (unpaired) electrons. The summed E-state index contributed by atoms with van der Waals surface area (Å²) in [5.74, 6) is 0.860. The van der Waals surface area contributed by atoms with Gasteiger partial charge in [0.25, 0.3) is 0 Å². The Morgan fingerprint density at radius 2 is 1.27 bits per heavy atom. The van der Waals surface area contributed by atoms with Crippen LogP contribution in [0.3, 0.4) is 0 Å². The number of alkyl carbamates (subject to hydrolysis) is 2. The summed E-state index contributed by atoms with van der Waals surface area (Å²) >= 11 is 0.